The molecule has 0 aromatic carbocycles. The average Bonchev–Trinajstić information content (AvgIpc) is 2.02. The third kappa shape index (κ3) is 2.50. The van der Waals surface area contributed by atoms with Gasteiger partial charge in [0.25, 0.3) is 0 Å². The molecule has 0 aromatic heterocycles. The molecule has 0 radical (unpaired) electrons. The highest BCUT2D eigenvalue weighted by Crippen LogP contribution is 2.43. The van der Waals surface area contributed by atoms with Crippen LogP contribution in [0.4, 0.5) is 0 Å². The summed E-state index contributed by atoms with van der Waals surface area (Å²) in [7, 11) is 0. The molecule has 1 aliphatic rings. The van der Waals surface area contributed by atoms with E-state index in [9.17, 15) is 0 Å². The first-order valence-electron chi connectivity index (χ1n) is 5.87. The maximum Gasteiger partial charge on any atom is 0.0628 e. The Morgan fingerprint density at radius 1 is 1.29 bits per heavy atom. The van der Waals surface area contributed by atoms with Crippen molar-refractivity contribution in [2.45, 2.75) is 60.5 Å². The van der Waals surface area contributed by atoms with Gasteiger partial charge in [-0.2, -0.15) is 0 Å². The standard InChI is InChI=1S/C13H26O/c1-10(2)13(6)7-8-14-11(9-13)12(3,4)5/h10-11H,7-9H2,1-6H3. The molecule has 1 rings (SSSR count). The van der Waals surface area contributed by atoms with Crippen molar-refractivity contribution in [3.05, 3.63) is 0 Å². The van der Waals surface area contributed by atoms with Gasteiger partial charge in [0.1, 0.15) is 0 Å². The summed E-state index contributed by atoms with van der Waals surface area (Å²) < 4.78 is 5.89. The van der Waals surface area contributed by atoms with Gasteiger partial charge in [-0.1, -0.05) is 41.5 Å². The molecule has 14 heavy (non-hydrogen) atoms. The molecule has 0 N–H and O–H groups in total. The largest absolute Gasteiger partial charge is 0.378 e. The third-order valence-corrected chi connectivity index (χ3v) is 4.00. The van der Waals surface area contributed by atoms with Crippen LogP contribution in [0, 0.1) is 16.7 Å². The first-order valence-corrected chi connectivity index (χ1v) is 5.87. The monoisotopic (exact) mass is 198 g/mol. The lowest BCUT2D eigenvalue weighted by atomic mass is 9.67. The van der Waals surface area contributed by atoms with E-state index in [2.05, 4.69) is 41.5 Å². The quantitative estimate of drug-likeness (QED) is 0.621. The molecular formula is C13H26O. The lowest BCUT2D eigenvalue weighted by Gasteiger charge is -2.45. The maximum absolute atomic E-state index is 5.89. The van der Waals surface area contributed by atoms with Gasteiger partial charge >= 0.3 is 0 Å². The van der Waals surface area contributed by atoms with Crippen molar-refractivity contribution >= 4 is 0 Å². The molecule has 0 amide bonds. The van der Waals surface area contributed by atoms with Gasteiger partial charge in [-0.3, -0.25) is 0 Å². The Hall–Kier alpha value is -0.0400. The van der Waals surface area contributed by atoms with Gasteiger partial charge in [0.15, 0.2) is 0 Å². The maximum atomic E-state index is 5.89. The third-order valence-electron chi connectivity index (χ3n) is 4.00. The Morgan fingerprint density at radius 3 is 2.29 bits per heavy atom. The molecule has 0 spiro atoms. The summed E-state index contributed by atoms with van der Waals surface area (Å²) in [5.74, 6) is 0.760. The minimum atomic E-state index is 0.288. The molecule has 1 aliphatic heterocycles. The lowest BCUT2D eigenvalue weighted by Crippen LogP contribution is -2.42. The molecule has 1 nitrogen and oxygen atoms in total. The van der Waals surface area contributed by atoms with Gasteiger partial charge in [0, 0.05) is 6.61 Å². The summed E-state index contributed by atoms with van der Waals surface area (Å²) >= 11 is 0. The molecule has 2 atom stereocenters. The van der Waals surface area contributed by atoms with Crippen LogP contribution in [0.3, 0.4) is 0 Å². The fourth-order valence-corrected chi connectivity index (χ4v) is 2.10. The van der Waals surface area contributed by atoms with Crippen molar-refractivity contribution in [3.63, 3.8) is 0 Å². The second kappa shape index (κ2) is 3.84. The first kappa shape index (κ1) is 12.0. The zero-order valence-corrected chi connectivity index (χ0v) is 10.7. The number of ether oxygens (including phenoxy) is 1. The van der Waals surface area contributed by atoms with Gasteiger partial charge < -0.3 is 4.74 Å². The van der Waals surface area contributed by atoms with E-state index in [0.717, 1.165) is 12.5 Å². The SMILES string of the molecule is CC(C)C1(C)CCOC(C(C)(C)C)C1. The summed E-state index contributed by atoms with van der Waals surface area (Å²) in [6.07, 6.45) is 2.87. The van der Waals surface area contributed by atoms with Crippen LogP contribution in [0.25, 0.3) is 0 Å². The van der Waals surface area contributed by atoms with Crippen LogP contribution in [-0.2, 0) is 4.74 Å². The van der Waals surface area contributed by atoms with E-state index in [1.165, 1.54) is 12.8 Å². The summed E-state index contributed by atoms with van der Waals surface area (Å²) in [6, 6.07) is 0. The number of hydrogen-bond donors (Lipinski definition) is 0. The molecule has 1 heterocycles. The summed E-state index contributed by atoms with van der Waals surface area (Å²) in [5.41, 5.74) is 0.771. The van der Waals surface area contributed by atoms with Crippen LogP contribution in [-0.4, -0.2) is 12.7 Å². The highest BCUT2D eigenvalue weighted by atomic mass is 16.5. The number of hydrogen-bond acceptors (Lipinski definition) is 1. The Kier molecular flexibility index (Phi) is 3.30. The molecule has 84 valence electrons. The molecule has 1 saturated heterocycles. The highest BCUT2D eigenvalue weighted by Gasteiger charge is 2.39. The molecule has 1 heteroatoms. The first-order chi connectivity index (χ1) is 6.26. The molecule has 1 fully saturated rings. The predicted molar refractivity (Wildman–Crippen MR) is 61.4 cm³/mol. The predicted octanol–water partition coefficient (Wildman–Crippen LogP) is 3.87. The van der Waals surface area contributed by atoms with Gasteiger partial charge in [-0.15, -0.1) is 0 Å². The minimum absolute atomic E-state index is 0.288. The minimum Gasteiger partial charge on any atom is -0.378 e. The average molecular weight is 198 g/mol. The Bertz CT molecular complexity index is 190. The second-order valence-corrected chi connectivity index (χ2v) is 6.49. The number of rotatable bonds is 1. The van der Waals surface area contributed by atoms with Gasteiger partial charge in [0.05, 0.1) is 6.10 Å². The van der Waals surface area contributed by atoms with E-state index in [-0.39, 0.29) is 5.41 Å². The fourth-order valence-electron chi connectivity index (χ4n) is 2.10. The zero-order valence-electron chi connectivity index (χ0n) is 10.7. The molecule has 0 saturated carbocycles. The molecule has 0 aromatic rings. The van der Waals surface area contributed by atoms with E-state index in [0.29, 0.717) is 11.5 Å². The fraction of sp³-hybridized carbons (Fsp3) is 1.00. The summed E-state index contributed by atoms with van der Waals surface area (Å²) in [4.78, 5) is 0. The van der Waals surface area contributed by atoms with Gasteiger partial charge in [-0.05, 0) is 29.6 Å². The van der Waals surface area contributed by atoms with Crippen molar-refractivity contribution < 1.29 is 4.74 Å². The normalized spacial score (nSPS) is 34.9. The van der Waals surface area contributed by atoms with E-state index in [1.54, 1.807) is 0 Å². The lowest BCUT2D eigenvalue weighted by molar-refractivity contribution is -0.104. The Morgan fingerprint density at radius 2 is 1.86 bits per heavy atom. The van der Waals surface area contributed by atoms with Gasteiger partial charge in [0.2, 0.25) is 0 Å². The van der Waals surface area contributed by atoms with Crippen molar-refractivity contribution in [3.8, 4) is 0 Å². The van der Waals surface area contributed by atoms with Crippen molar-refractivity contribution in [2.75, 3.05) is 6.61 Å². The van der Waals surface area contributed by atoms with E-state index >= 15 is 0 Å². The topological polar surface area (TPSA) is 9.23 Å². The van der Waals surface area contributed by atoms with Crippen LogP contribution >= 0.6 is 0 Å². The molecule has 0 bridgehead atoms. The van der Waals surface area contributed by atoms with Gasteiger partial charge in [-0.25, -0.2) is 0 Å². The van der Waals surface area contributed by atoms with Crippen molar-refractivity contribution in [1.29, 1.82) is 0 Å². The van der Waals surface area contributed by atoms with Crippen LogP contribution in [0.5, 0.6) is 0 Å². The van der Waals surface area contributed by atoms with Crippen molar-refractivity contribution in [1.82, 2.24) is 0 Å². The molecule has 0 aliphatic carbocycles. The summed E-state index contributed by atoms with van der Waals surface area (Å²) in [5, 5.41) is 0. The highest BCUT2D eigenvalue weighted by molar-refractivity contribution is 4.89. The molecular weight excluding hydrogens is 172 g/mol. The Labute approximate surface area is 89.2 Å². The summed E-state index contributed by atoms with van der Waals surface area (Å²) in [6.45, 7) is 14.9. The molecule has 2 unspecified atom stereocenters. The Balaban J connectivity index is 2.69. The van der Waals surface area contributed by atoms with Crippen LogP contribution < -0.4 is 0 Å². The van der Waals surface area contributed by atoms with E-state index in [1.807, 2.05) is 0 Å². The van der Waals surface area contributed by atoms with Crippen LogP contribution in [0.15, 0.2) is 0 Å². The second-order valence-electron chi connectivity index (χ2n) is 6.49. The van der Waals surface area contributed by atoms with E-state index in [4.69, 9.17) is 4.74 Å². The van der Waals surface area contributed by atoms with Crippen LogP contribution in [0.2, 0.25) is 0 Å². The van der Waals surface area contributed by atoms with Crippen LogP contribution in [0.1, 0.15) is 54.4 Å². The van der Waals surface area contributed by atoms with Crippen molar-refractivity contribution in [2.24, 2.45) is 16.7 Å². The zero-order chi connectivity index (χ0) is 11.0. The smallest absolute Gasteiger partial charge is 0.0628 e. The van der Waals surface area contributed by atoms with E-state index < -0.39 is 0 Å².